The monoisotopic (exact) mass is 491 g/mol. The fourth-order valence-corrected chi connectivity index (χ4v) is 1.60. The maximum Gasteiger partial charge on any atom is 0.248 e. The number of benzene rings is 1. The van der Waals surface area contributed by atoms with Crippen molar-refractivity contribution in [1.29, 1.82) is 0 Å². The molecular weight excluding hydrogens is 468 g/mol. The summed E-state index contributed by atoms with van der Waals surface area (Å²) in [4.78, 5) is 34.1. The molecule has 1 aliphatic heterocycles. The van der Waals surface area contributed by atoms with Crippen LogP contribution in [0, 0.1) is 6.07 Å². The summed E-state index contributed by atoms with van der Waals surface area (Å²) in [5, 5.41) is 4.75. The number of imide groups is 1. The number of carbonyl (C=O) groups excluding carboxylic acids is 3. The minimum atomic E-state index is -0.645. The summed E-state index contributed by atoms with van der Waals surface area (Å²) in [6.07, 6.45) is 0.582. The molecule has 1 heterocycles. The van der Waals surface area contributed by atoms with E-state index in [1.165, 1.54) is 0 Å². The number of piperidine rings is 1. The van der Waals surface area contributed by atoms with Crippen molar-refractivity contribution >= 4 is 17.7 Å². The van der Waals surface area contributed by atoms with Gasteiger partial charge in [0.1, 0.15) is 6.04 Å². The Morgan fingerprint density at radius 3 is 2.39 bits per heavy atom. The third-order valence-electron chi connectivity index (χ3n) is 2.50. The zero-order chi connectivity index (χ0) is 17.0. The third kappa shape index (κ3) is 9.26. The average molecular weight is 491 g/mol. The predicted octanol–water partition coefficient (Wildman–Crippen LogP) is 1.31. The van der Waals surface area contributed by atoms with Gasteiger partial charge in [0.2, 0.25) is 11.8 Å². The molecule has 2 N–H and O–H groups in total. The normalized spacial score (nSPS) is 15.6. The first-order chi connectivity index (χ1) is 10.6. The van der Waals surface area contributed by atoms with Gasteiger partial charge in [-0.2, -0.15) is 0 Å². The SMILES string of the molecule is CC.COC.O=C1CCC(NC(=O)c2[c-]cccc2)C(=O)N1.[W]. The van der Waals surface area contributed by atoms with Gasteiger partial charge in [0.25, 0.3) is 0 Å². The molecule has 1 aromatic carbocycles. The molecule has 0 bridgehead atoms. The van der Waals surface area contributed by atoms with Gasteiger partial charge in [-0.15, -0.1) is 30.3 Å². The number of nitrogens with one attached hydrogen (secondary N) is 2. The summed E-state index contributed by atoms with van der Waals surface area (Å²) in [5.41, 5.74) is 0.372. The molecule has 0 radical (unpaired) electrons. The second kappa shape index (κ2) is 14.1. The summed E-state index contributed by atoms with van der Waals surface area (Å²) in [6, 6.07) is 8.83. The van der Waals surface area contributed by atoms with E-state index in [2.05, 4.69) is 21.4 Å². The second-order valence-corrected chi connectivity index (χ2v) is 4.16. The van der Waals surface area contributed by atoms with E-state index in [0.29, 0.717) is 12.0 Å². The van der Waals surface area contributed by atoms with E-state index in [1.807, 2.05) is 13.8 Å². The van der Waals surface area contributed by atoms with Crippen LogP contribution in [0.5, 0.6) is 0 Å². The van der Waals surface area contributed by atoms with Crippen molar-refractivity contribution in [2.24, 2.45) is 0 Å². The first kappa shape index (κ1) is 23.7. The molecule has 1 aromatic rings. The number of rotatable bonds is 2. The van der Waals surface area contributed by atoms with Crippen LogP contribution < -0.4 is 10.6 Å². The molecule has 2 rings (SSSR count). The summed E-state index contributed by atoms with van der Waals surface area (Å²) in [7, 11) is 3.25. The molecule has 1 fully saturated rings. The van der Waals surface area contributed by atoms with Crippen LogP contribution in [0.15, 0.2) is 24.3 Å². The van der Waals surface area contributed by atoms with E-state index in [9.17, 15) is 14.4 Å². The molecule has 0 spiro atoms. The topological polar surface area (TPSA) is 84.5 Å². The largest absolute Gasteiger partial charge is 0.388 e. The Labute approximate surface area is 151 Å². The van der Waals surface area contributed by atoms with Crippen molar-refractivity contribution in [2.75, 3.05) is 14.2 Å². The number of methoxy groups -OCH3 is 1. The van der Waals surface area contributed by atoms with Gasteiger partial charge in [-0.05, 0) is 6.42 Å². The smallest absolute Gasteiger partial charge is 0.248 e. The van der Waals surface area contributed by atoms with E-state index >= 15 is 0 Å². The maximum atomic E-state index is 11.7. The molecule has 0 saturated carbocycles. The molecule has 6 nitrogen and oxygen atoms in total. The maximum absolute atomic E-state index is 11.7. The van der Waals surface area contributed by atoms with Crippen molar-refractivity contribution in [3.63, 3.8) is 0 Å². The molecule has 0 aromatic heterocycles. The van der Waals surface area contributed by atoms with Gasteiger partial charge >= 0.3 is 0 Å². The third-order valence-corrected chi connectivity index (χ3v) is 2.50. The second-order valence-electron chi connectivity index (χ2n) is 4.16. The van der Waals surface area contributed by atoms with Gasteiger partial charge in [0.15, 0.2) is 5.91 Å². The van der Waals surface area contributed by atoms with Crippen molar-refractivity contribution in [3.8, 4) is 0 Å². The molecule has 0 aliphatic carbocycles. The molecule has 23 heavy (non-hydrogen) atoms. The van der Waals surface area contributed by atoms with E-state index in [-0.39, 0.29) is 39.3 Å². The van der Waals surface area contributed by atoms with E-state index in [0.717, 1.165) is 0 Å². The van der Waals surface area contributed by atoms with Crippen molar-refractivity contribution in [2.45, 2.75) is 32.7 Å². The van der Waals surface area contributed by atoms with Gasteiger partial charge in [-0.25, -0.2) is 0 Å². The molecule has 3 amide bonds. The van der Waals surface area contributed by atoms with Gasteiger partial charge in [-0.3, -0.25) is 14.9 Å². The summed E-state index contributed by atoms with van der Waals surface area (Å²) >= 11 is 0. The summed E-state index contributed by atoms with van der Waals surface area (Å²) in [6.45, 7) is 4.00. The van der Waals surface area contributed by atoms with Crippen LogP contribution in [0.3, 0.4) is 0 Å². The number of hydrogen-bond acceptors (Lipinski definition) is 4. The Kier molecular flexibility index (Phi) is 14.5. The first-order valence-electron chi connectivity index (χ1n) is 7.10. The Balaban J connectivity index is 0. The Morgan fingerprint density at radius 2 is 1.91 bits per heavy atom. The van der Waals surface area contributed by atoms with Gasteiger partial charge < -0.3 is 14.8 Å². The predicted molar refractivity (Wildman–Crippen MR) is 83.2 cm³/mol. The molecule has 1 unspecified atom stereocenters. The summed E-state index contributed by atoms with van der Waals surface area (Å²) < 4.78 is 4.25. The van der Waals surface area contributed by atoms with Crippen LogP contribution >= 0.6 is 0 Å². The van der Waals surface area contributed by atoms with Gasteiger partial charge in [0.05, 0.1) is 0 Å². The Morgan fingerprint density at radius 1 is 1.30 bits per heavy atom. The quantitative estimate of drug-likeness (QED) is 0.483. The molecule has 128 valence electrons. The minimum absolute atomic E-state index is 0. The van der Waals surface area contributed by atoms with E-state index in [4.69, 9.17) is 0 Å². The fraction of sp³-hybridized carbons (Fsp3) is 0.438. The Bertz CT molecular complexity index is 480. The molecule has 7 heteroatoms. The van der Waals surface area contributed by atoms with E-state index < -0.39 is 11.9 Å². The molecular formula is C16H23N2O4W-. The van der Waals surface area contributed by atoms with E-state index in [1.54, 1.807) is 38.5 Å². The molecule has 1 saturated heterocycles. The van der Waals surface area contributed by atoms with Crippen LogP contribution in [0.4, 0.5) is 0 Å². The standard InChI is InChI=1S/C12H11N2O3.C2H6O.C2H6.W/c15-10-7-6-9(12(17)14-10)13-11(16)8-4-2-1-3-5-8;1-3-2;1-2;/h1-4,9H,6-7H2,(H,13,16)(H,14,15,17);1-2H3;1-2H3;/q-1;;;. The van der Waals surface area contributed by atoms with Crippen molar-refractivity contribution < 1.29 is 40.2 Å². The van der Waals surface area contributed by atoms with Crippen molar-refractivity contribution in [1.82, 2.24) is 10.6 Å². The number of amides is 3. The fourth-order valence-electron chi connectivity index (χ4n) is 1.60. The van der Waals surface area contributed by atoms with Crippen molar-refractivity contribution in [3.05, 3.63) is 35.9 Å². The first-order valence-corrected chi connectivity index (χ1v) is 7.10. The molecule has 1 atom stereocenters. The zero-order valence-corrected chi connectivity index (χ0v) is 16.8. The van der Waals surface area contributed by atoms with Crippen LogP contribution in [-0.2, 0) is 35.4 Å². The Hall–Kier alpha value is -1.52. The van der Waals surface area contributed by atoms with Gasteiger partial charge in [0, 0.05) is 41.7 Å². The zero-order valence-electron chi connectivity index (χ0n) is 13.8. The summed E-state index contributed by atoms with van der Waals surface area (Å²) in [5.74, 6) is -1.11. The van der Waals surface area contributed by atoms with Crippen LogP contribution in [0.25, 0.3) is 0 Å². The van der Waals surface area contributed by atoms with Crippen LogP contribution in [-0.4, -0.2) is 38.0 Å². The van der Waals surface area contributed by atoms with Crippen LogP contribution in [0.1, 0.15) is 37.0 Å². The van der Waals surface area contributed by atoms with Crippen LogP contribution in [0.2, 0.25) is 0 Å². The number of ether oxygens (including phenoxy) is 1. The van der Waals surface area contributed by atoms with Gasteiger partial charge in [-0.1, -0.05) is 19.4 Å². The number of carbonyl (C=O) groups is 3. The average Bonchev–Trinajstić information content (AvgIpc) is 2.53. The minimum Gasteiger partial charge on any atom is -0.388 e. The number of hydrogen-bond donors (Lipinski definition) is 2. The molecule has 1 aliphatic rings.